The van der Waals surface area contributed by atoms with Crippen molar-refractivity contribution in [3.05, 3.63) is 22.7 Å². The largest absolute Gasteiger partial charge is 0.495 e. The lowest BCUT2D eigenvalue weighted by molar-refractivity contribution is 0.180. The maximum atomic E-state index is 11.4. The number of halogens is 1. The number of hydrogen-bond donors (Lipinski definition) is 0. The predicted molar refractivity (Wildman–Crippen MR) is 63.5 cm³/mol. The third kappa shape index (κ3) is 2.39. The molecule has 0 atom stereocenters. The number of methoxy groups -OCH3 is 2. The molecule has 0 radical (unpaired) electrons. The third-order valence-corrected chi connectivity index (χ3v) is 2.68. The maximum absolute atomic E-state index is 11.4. The van der Waals surface area contributed by atoms with Crippen LogP contribution in [0.4, 0.5) is 10.5 Å². The smallest absolute Gasteiger partial charge is 0.413 e. The first kappa shape index (κ1) is 12.6. The highest BCUT2D eigenvalue weighted by Crippen LogP contribution is 2.33. The molecule has 0 spiro atoms. The Morgan fingerprint density at radius 2 is 2.00 bits per heavy atom. The fourth-order valence-corrected chi connectivity index (χ4v) is 1.46. The number of carbonyl (C=O) groups excluding carboxylic acids is 1. The Hall–Kier alpha value is -1.42. The molecule has 5 heteroatoms. The topological polar surface area (TPSA) is 38.8 Å². The quantitative estimate of drug-likeness (QED) is 0.802. The van der Waals surface area contributed by atoms with Crippen molar-refractivity contribution < 1.29 is 14.3 Å². The SMILES string of the molecule is COC(=O)N(C)c1cc(Cl)c(C)cc1OC. The number of aryl methyl sites for hydroxylation is 1. The second-order valence-corrected chi connectivity index (χ2v) is 3.71. The molecule has 0 N–H and O–H groups in total. The van der Waals surface area contributed by atoms with E-state index in [2.05, 4.69) is 4.74 Å². The van der Waals surface area contributed by atoms with Gasteiger partial charge in [0, 0.05) is 12.1 Å². The second-order valence-electron chi connectivity index (χ2n) is 3.30. The molecule has 1 aromatic rings. The number of rotatable bonds is 2. The summed E-state index contributed by atoms with van der Waals surface area (Å²) in [6, 6.07) is 3.45. The van der Waals surface area contributed by atoms with Crippen LogP contribution in [-0.4, -0.2) is 27.4 Å². The average Bonchev–Trinajstić information content (AvgIpc) is 2.30. The minimum absolute atomic E-state index is 0.474. The summed E-state index contributed by atoms with van der Waals surface area (Å²) in [6.07, 6.45) is -0.474. The van der Waals surface area contributed by atoms with E-state index in [0.717, 1.165) is 5.56 Å². The fourth-order valence-electron chi connectivity index (χ4n) is 1.31. The van der Waals surface area contributed by atoms with Crippen LogP contribution in [0.15, 0.2) is 12.1 Å². The van der Waals surface area contributed by atoms with E-state index in [1.54, 1.807) is 19.2 Å². The van der Waals surface area contributed by atoms with Crippen LogP contribution in [0.25, 0.3) is 0 Å². The summed E-state index contributed by atoms with van der Waals surface area (Å²) in [4.78, 5) is 12.7. The van der Waals surface area contributed by atoms with Crippen LogP contribution in [0.2, 0.25) is 5.02 Å². The molecule has 0 saturated carbocycles. The Morgan fingerprint density at radius 1 is 1.38 bits per heavy atom. The molecule has 1 aromatic carbocycles. The Morgan fingerprint density at radius 3 is 2.50 bits per heavy atom. The number of anilines is 1. The number of amides is 1. The van der Waals surface area contributed by atoms with E-state index in [0.29, 0.717) is 16.5 Å². The van der Waals surface area contributed by atoms with Gasteiger partial charge in [0.05, 0.1) is 19.9 Å². The molecule has 16 heavy (non-hydrogen) atoms. The molecular formula is C11H14ClNO3. The standard InChI is InChI=1S/C11H14ClNO3/c1-7-5-10(15-3)9(6-8(7)12)13(2)11(14)16-4/h5-6H,1-4H3. The number of nitrogens with zero attached hydrogens (tertiary/aromatic N) is 1. The van der Waals surface area contributed by atoms with Gasteiger partial charge in [0.2, 0.25) is 0 Å². The van der Waals surface area contributed by atoms with Gasteiger partial charge in [-0.3, -0.25) is 4.90 Å². The third-order valence-electron chi connectivity index (χ3n) is 2.27. The summed E-state index contributed by atoms with van der Waals surface area (Å²) in [5.41, 5.74) is 1.46. The zero-order chi connectivity index (χ0) is 12.3. The molecule has 0 unspecified atom stereocenters. The van der Waals surface area contributed by atoms with Gasteiger partial charge >= 0.3 is 6.09 Å². The van der Waals surface area contributed by atoms with E-state index in [-0.39, 0.29) is 0 Å². The summed E-state index contributed by atoms with van der Waals surface area (Å²) < 4.78 is 9.81. The lowest BCUT2D eigenvalue weighted by Gasteiger charge is -2.19. The van der Waals surface area contributed by atoms with Gasteiger partial charge in [0.1, 0.15) is 5.75 Å². The van der Waals surface area contributed by atoms with Crippen molar-refractivity contribution in [3.8, 4) is 5.75 Å². The van der Waals surface area contributed by atoms with Crippen molar-refractivity contribution in [2.75, 3.05) is 26.2 Å². The molecule has 0 heterocycles. The highest BCUT2D eigenvalue weighted by molar-refractivity contribution is 6.31. The molecule has 0 aromatic heterocycles. The average molecular weight is 244 g/mol. The monoisotopic (exact) mass is 243 g/mol. The zero-order valence-electron chi connectivity index (χ0n) is 9.70. The normalized spacial score (nSPS) is 9.81. The maximum Gasteiger partial charge on any atom is 0.413 e. The van der Waals surface area contributed by atoms with Crippen molar-refractivity contribution in [1.29, 1.82) is 0 Å². The number of ether oxygens (including phenoxy) is 2. The van der Waals surface area contributed by atoms with E-state index in [4.69, 9.17) is 16.3 Å². The van der Waals surface area contributed by atoms with Gasteiger partial charge in [-0.2, -0.15) is 0 Å². The van der Waals surface area contributed by atoms with Gasteiger partial charge in [0.15, 0.2) is 0 Å². The highest BCUT2D eigenvalue weighted by Gasteiger charge is 2.16. The van der Waals surface area contributed by atoms with Crippen LogP contribution < -0.4 is 9.64 Å². The molecule has 0 fully saturated rings. The van der Waals surface area contributed by atoms with Crippen LogP contribution in [0, 0.1) is 6.92 Å². The highest BCUT2D eigenvalue weighted by atomic mass is 35.5. The first-order chi connectivity index (χ1) is 7.51. The van der Waals surface area contributed by atoms with Crippen molar-refractivity contribution in [2.45, 2.75) is 6.92 Å². The van der Waals surface area contributed by atoms with Gasteiger partial charge in [0.25, 0.3) is 0 Å². The summed E-state index contributed by atoms with van der Waals surface area (Å²) in [5.74, 6) is 0.579. The minimum atomic E-state index is -0.474. The predicted octanol–water partition coefficient (Wildman–Crippen LogP) is 2.86. The van der Waals surface area contributed by atoms with Crippen LogP contribution in [0.3, 0.4) is 0 Å². The molecule has 4 nitrogen and oxygen atoms in total. The van der Waals surface area contributed by atoms with Gasteiger partial charge in [-0.05, 0) is 24.6 Å². The van der Waals surface area contributed by atoms with E-state index < -0.39 is 6.09 Å². The Kier molecular flexibility index (Phi) is 4.01. The van der Waals surface area contributed by atoms with Gasteiger partial charge < -0.3 is 9.47 Å². The van der Waals surface area contributed by atoms with Crippen molar-refractivity contribution in [3.63, 3.8) is 0 Å². The van der Waals surface area contributed by atoms with Gasteiger partial charge in [-0.15, -0.1) is 0 Å². The molecule has 0 aliphatic rings. The zero-order valence-corrected chi connectivity index (χ0v) is 10.5. The summed E-state index contributed by atoms with van der Waals surface area (Å²) in [7, 11) is 4.45. The van der Waals surface area contributed by atoms with Crippen LogP contribution in [0.1, 0.15) is 5.56 Å². The molecular weight excluding hydrogens is 230 g/mol. The fraction of sp³-hybridized carbons (Fsp3) is 0.364. The molecule has 0 aliphatic heterocycles. The molecule has 1 rings (SSSR count). The Labute approximate surface area is 99.7 Å². The lowest BCUT2D eigenvalue weighted by Crippen LogP contribution is -2.26. The Bertz CT molecular complexity index is 406. The number of benzene rings is 1. The molecule has 0 bridgehead atoms. The first-order valence-electron chi connectivity index (χ1n) is 4.67. The van der Waals surface area contributed by atoms with Crippen molar-refractivity contribution in [1.82, 2.24) is 0 Å². The van der Waals surface area contributed by atoms with Crippen LogP contribution in [0.5, 0.6) is 5.75 Å². The minimum Gasteiger partial charge on any atom is -0.495 e. The summed E-state index contributed by atoms with van der Waals surface area (Å²) in [5, 5.41) is 0.576. The first-order valence-corrected chi connectivity index (χ1v) is 5.04. The van der Waals surface area contributed by atoms with Gasteiger partial charge in [-0.25, -0.2) is 4.79 Å². The Balaban J connectivity index is 3.21. The summed E-state index contributed by atoms with van der Waals surface area (Å²) in [6.45, 7) is 1.87. The number of carbonyl (C=O) groups is 1. The van der Waals surface area contributed by atoms with E-state index >= 15 is 0 Å². The van der Waals surface area contributed by atoms with E-state index in [9.17, 15) is 4.79 Å². The number of hydrogen-bond acceptors (Lipinski definition) is 3. The second kappa shape index (κ2) is 5.07. The molecule has 1 amide bonds. The molecule has 88 valence electrons. The van der Waals surface area contributed by atoms with Crippen molar-refractivity contribution >= 4 is 23.4 Å². The van der Waals surface area contributed by atoms with E-state index in [1.165, 1.54) is 19.1 Å². The molecule has 0 saturated heterocycles. The van der Waals surface area contributed by atoms with Crippen LogP contribution >= 0.6 is 11.6 Å². The van der Waals surface area contributed by atoms with Gasteiger partial charge in [-0.1, -0.05) is 11.6 Å². The summed E-state index contributed by atoms with van der Waals surface area (Å²) >= 11 is 6.00. The van der Waals surface area contributed by atoms with Crippen molar-refractivity contribution in [2.24, 2.45) is 0 Å². The van der Waals surface area contributed by atoms with Crippen LogP contribution in [-0.2, 0) is 4.74 Å². The molecule has 0 aliphatic carbocycles. The lowest BCUT2D eigenvalue weighted by atomic mass is 10.2. The van der Waals surface area contributed by atoms with E-state index in [1.807, 2.05) is 6.92 Å².